The molecule has 0 spiro atoms. The first-order valence-electron chi connectivity index (χ1n) is 5.39. The van der Waals surface area contributed by atoms with Gasteiger partial charge in [-0.1, -0.05) is 6.07 Å². The van der Waals surface area contributed by atoms with Crippen molar-refractivity contribution < 1.29 is 9.90 Å². The molecular weight excluding hydrogens is 204 g/mol. The molecule has 0 aliphatic carbocycles. The van der Waals surface area contributed by atoms with E-state index < -0.39 is 0 Å². The van der Waals surface area contributed by atoms with Gasteiger partial charge in [-0.25, -0.2) is 0 Å². The van der Waals surface area contributed by atoms with Crippen LogP contribution in [0.2, 0.25) is 0 Å². The van der Waals surface area contributed by atoms with Gasteiger partial charge >= 0.3 is 0 Å². The Labute approximate surface area is 94.7 Å². The second-order valence-electron chi connectivity index (χ2n) is 4.14. The van der Waals surface area contributed by atoms with Gasteiger partial charge in [0.1, 0.15) is 6.04 Å². The molecule has 1 atom stereocenters. The number of aliphatic hydroxyl groups is 1. The third-order valence-corrected chi connectivity index (χ3v) is 2.80. The quantitative estimate of drug-likeness (QED) is 0.708. The average Bonchev–Trinajstić information content (AvgIpc) is 2.51. The van der Waals surface area contributed by atoms with Crippen molar-refractivity contribution in [3.05, 3.63) is 28.8 Å². The number of fused-ring (bicyclic) bond motifs is 1. The number of hydrogen-bond donors (Lipinski definition) is 3. The molecule has 2 rings (SSSR count). The van der Waals surface area contributed by atoms with Crippen LogP contribution in [0.3, 0.4) is 0 Å². The summed E-state index contributed by atoms with van der Waals surface area (Å²) in [5.41, 5.74) is 4.13. The topological polar surface area (TPSA) is 61.4 Å². The predicted molar refractivity (Wildman–Crippen MR) is 62.4 cm³/mol. The number of rotatable bonds is 3. The molecular formula is C12H16N2O2. The molecule has 16 heavy (non-hydrogen) atoms. The number of nitrogens with one attached hydrogen (secondary N) is 2. The summed E-state index contributed by atoms with van der Waals surface area (Å²) in [6, 6.07) is 3.70. The van der Waals surface area contributed by atoms with Crippen molar-refractivity contribution in [3.8, 4) is 0 Å². The first-order valence-corrected chi connectivity index (χ1v) is 5.39. The van der Waals surface area contributed by atoms with E-state index in [4.69, 9.17) is 5.11 Å². The van der Waals surface area contributed by atoms with Crippen LogP contribution in [-0.4, -0.2) is 24.2 Å². The van der Waals surface area contributed by atoms with Gasteiger partial charge in [0.05, 0.1) is 6.61 Å². The van der Waals surface area contributed by atoms with E-state index >= 15 is 0 Å². The highest BCUT2D eigenvalue weighted by Gasteiger charge is 2.31. The Morgan fingerprint density at radius 3 is 2.88 bits per heavy atom. The molecule has 1 amide bonds. The molecule has 0 saturated carbocycles. The monoisotopic (exact) mass is 220 g/mol. The summed E-state index contributed by atoms with van der Waals surface area (Å²) in [4.78, 5) is 11.7. The van der Waals surface area contributed by atoms with E-state index in [-0.39, 0.29) is 18.6 Å². The zero-order valence-corrected chi connectivity index (χ0v) is 9.50. The van der Waals surface area contributed by atoms with Crippen LogP contribution in [0.5, 0.6) is 0 Å². The smallest absolute Gasteiger partial charge is 0.246 e. The molecule has 0 fully saturated rings. The summed E-state index contributed by atoms with van der Waals surface area (Å²) >= 11 is 0. The average molecular weight is 220 g/mol. The van der Waals surface area contributed by atoms with E-state index in [2.05, 4.69) is 16.7 Å². The van der Waals surface area contributed by atoms with Crippen LogP contribution in [0.4, 0.5) is 5.69 Å². The number of anilines is 1. The molecule has 1 aliphatic rings. The number of carbonyl (C=O) groups is 1. The highest BCUT2D eigenvalue weighted by Crippen LogP contribution is 2.34. The van der Waals surface area contributed by atoms with E-state index in [0.717, 1.165) is 22.4 Å². The van der Waals surface area contributed by atoms with Gasteiger partial charge in [-0.05, 0) is 31.0 Å². The Kier molecular flexibility index (Phi) is 2.94. The van der Waals surface area contributed by atoms with E-state index in [0.29, 0.717) is 6.54 Å². The fourth-order valence-corrected chi connectivity index (χ4v) is 2.20. The largest absolute Gasteiger partial charge is 0.395 e. The van der Waals surface area contributed by atoms with Gasteiger partial charge in [-0.3, -0.25) is 10.1 Å². The number of amides is 1. The minimum absolute atomic E-state index is 0.0318. The molecule has 1 aliphatic heterocycles. The van der Waals surface area contributed by atoms with Crippen molar-refractivity contribution in [2.75, 3.05) is 18.5 Å². The molecule has 3 N–H and O–H groups in total. The SMILES string of the molecule is Cc1cc(C)c2c(c1)NC(=O)C2NCCO. The second-order valence-corrected chi connectivity index (χ2v) is 4.14. The normalized spacial score (nSPS) is 18.4. The van der Waals surface area contributed by atoms with Crippen molar-refractivity contribution in [1.29, 1.82) is 0 Å². The van der Waals surface area contributed by atoms with Crippen LogP contribution in [0, 0.1) is 13.8 Å². The number of benzene rings is 1. The Balaban J connectivity index is 2.36. The Bertz CT molecular complexity index is 429. The molecule has 86 valence electrons. The number of carbonyl (C=O) groups excluding carboxylic acids is 1. The number of aryl methyl sites for hydroxylation is 2. The van der Waals surface area contributed by atoms with Gasteiger partial charge in [0.15, 0.2) is 0 Å². The van der Waals surface area contributed by atoms with Crippen LogP contribution >= 0.6 is 0 Å². The molecule has 1 unspecified atom stereocenters. The third-order valence-electron chi connectivity index (χ3n) is 2.80. The molecule has 4 heteroatoms. The summed E-state index contributed by atoms with van der Waals surface area (Å²) in [6.45, 7) is 4.46. The van der Waals surface area contributed by atoms with Crippen molar-refractivity contribution >= 4 is 11.6 Å². The summed E-state index contributed by atoms with van der Waals surface area (Å²) in [6.07, 6.45) is 0. The Morgan fingerprint density at radius 1 is 1.44 bits per heavy atom. The summed E-state index contributed by atoms with van der Waals surface area (Å²) < 4.78 is 0. The van der Waals surface area contributed by atoms with Crippen molar-refractivity contribution in [2.45, 2.75) is 19.9 Å². The van der Waals surface area contributed by atoms with Crippen LogP contribution in [0.1, 0.15) is 22.7 Å². The molecule has 4 nitrogen and oxygen atoms in total. The maximum absolute atomic E-state index is 11.7. The Hall–Kier alpha value is -1.39. The lowest BCUT2D eigenvalue weighted by Crippen LogP contribution is -2.30. The predicted octanol–water partition coefficient (Wildman–Crippen LogP) is 0.879. The van der Waals surface area contributed by atoms with Crippen molar-refractivity contribution in [3.63, 3.8) is 0 Å². The molecule has 0 radical (unpaired) electrons. The van der Waals surface area contributed by atoms with E-state index in [1.807, 2.05) is 19.9 Å². The molecule has 1 aromatic carbocycles. The Morgan fingerprint density at radius 2 is 2.19 bits per heavy atom. The first kappa shape index (κ1) is 11.1. The highest BCUT2D eigenvalue weighted by atomic mass is 16.3. The van der Waals surface area contributed by atoms with E-state index in [1.54, 1.807) is 0 Å². The van der Waals surface area contributed by atoms with Crippen LogP contribution in [-0.2, 0) is 4.79 Å². The van der Waals surface area contributed by atoms with Crippen LogP contribution < -0.4 is 10.6 Å². The lowest BCUT2D eigenvalue weighted by atomic mass is 10.00. The third kappa shape index (κ3) is 1.81. The minimum atomic E-state index is -0.331. The highest BCUT2D eigenvalue weighted by molar-refractivity contribution is 6.03. The summed E-state index contributed by atoms with van der Waals surface area (Å²) in [7, 11) is 0. The van der Waals surface area contributed by atoms with Gasteiger partial charge in [0, 0.05) is 17.8 Å². The first-order chi connectivity index (χ1) is 7.63. The number of hydrogen-bond acceptors (Lipinski definition) is 3. The van der Waals surface area contributed by atoms with Gasteiger partial charge < -0.3 is 10.4 Å². The van der Waals surface area contributed by atoms with Crippen molar-refractivity contribution in [1.82, 2.24) is 5.32 Å². The zero-order valence-electron chi connectivity index (χ0n) is 9.50. The standard InChI is InChI=1S/C12H16N2O2/c1-7-5-8(2)10-9(6-7)14-12(16)11(10)13-3-4-15/h5-6,11,13,15H,3-4H2,1-2H3,(H,14,16). The molecule has 0 saturated heterocycles. The lowest BCUT2D eigenvalue weighted by Gasteiger charge is -2.12. The molecule has 0 aromatic heterocycles. The van der Waals surface area contributed by atoms with Crippen LogP contribution in [0.15, 0.2) is 12.1 Å². The van der Waals surface area contributed by atoms with Gasteiger partial charge in [0.2, 0.25) is 5.91 Å². The fourth-order valence-electron chi connectivity index (χ4n) is 2.20. The zero-order chi connectivity index (χ0) is 11.7. The molecule has 1 aromatic rings. The summed E-state index contributed by atoms with van der Waals surface area (Å²) in [5, 5.41) is 14.7. The van der Waals surface area contributed by atoms with Crippen LogP contribution in [0.25, 0.3) is 0 Å². The van der Waals surface area contributed by atoms with Crippen molar-refractivity contribution in [2.24, 2.45) is 0 Å². The van der Waals surface area contributed by atoms with Gasteiger partial charge in [-0.15, -0.1) is 0 Å². The maximum atomic E-state index is 11.7. The van der Waals surface area contributed by atoms with E-state index in [9.17, 15) is 4.79 Å². The van der Waals surface area contributed by atoms with Gasteiger partial charge in [0.25, 0.3) is 0 Å². The maximum Gasteiger partial charge on any atom is 0.246 e. The molecule has 1 heterocycles. The second kappa shape index (κ2) is 4.23. The fraction of sp³-hybridized carbons (Fsp3) is 0.417. The van der Waals surface area contributed by atoms with Gasteiger partial charge in [-0.2, -0.15) is 0 Å². The molecule has 0 bridgehead atoms. The summed E-state index contributed by atoms with van der Waals surface area (Å²) in [5.74, 6) is -0.0443. The lowest BCUT2D eigenvalue weighted by molar-refractivity contribution is -0.117. The number of aliphatic hydroxyl groups excluding tert-OH is 1. The van der Waals surface area contributed by atoms with E-state index in [1.165, 1.54) is 0 Å². The minimum Gasteiger partial charge on any atom is -0.395 e.